The molecule has 19 heavy (non-hydrogen) atoms. The Hall–Kier alpha value is -1.76. The highest BCUT2D eigenvalue weighted by Gasteiger charge is 2.10. The highest BCUT2D eigenvalue weighted by molar-refractivity contribution is 5.35. The van der Waals surface area contributed by atoms with Crippen LogP contribution in [0.4, 0.5) is 0 Å². The summed E-state index contributed by atoms with van der Waals surface area (Å²) < 4.78 is 0. The highest BCUT2D eigenvalue weighted by atomic mass is 16.3. The molecule has 0 aromatic heterocycles. The summed E-state index contributed by atoms with van der Waals surface area (Å²) in [5.41, 5.74) is 3.83. The molecular formula is C18H24O. The van der Waals surface area contributed by atoms with Crippen molar-refractivity contribution in [2.45, 2.75) is 39.5 Å². The molecule has 1 rings (SSSR count). The van der Waals surface area contributed by atoms with Crippen molar-refractivity contribution in [3.05, 3.63) is 65.8 Å². The molecule has 0 amide bonds. The summed E-state index contributed by atoms with van der Waals surface area (Å²) in [6.45, 7) is 10.3. The Balaban J connectivity index is 2.96. The largest absolute Gasteiger partial charge is 0.508 e. The summed E-state index contributed by atoms with van der Waals surface area (Å²) >= 11 is 0. The predicted molar refractivity (Wildman–Crippen MR) is 83.5 cm³/mol. The normalized spacial score (nSPS) is 14.3. The standard InChI is InChI=1S/C18H24O/c1-5-15(6-2)9-8-14(4)18(7-3)16-10-12-17(19)13-11-16/h5,8-13,18-19H,1,6-7H2,2-4H3/b14-8+,15-9+. The summed E-state index contributed by atoms with van der Waals surface area (Å²) in [5.74, 6) is 0.722. The van der Waals surface area contributed by atoms with E-state index < -0.39 is 0 Å². The first-order chi connectivity index (χ1) is 9.12. The molecule has 1 unspecified atom stereocenters. The maximum absolute atomic E-state index is 9.35. The number of benzene rings is 1. The van der Waals surface area contributed by atoms with E-state index in [0.29, 0.717) is 11.7 Å². The molecule has 1 atom stereocenters. The maximum atomic E-state index is 9.35. The molecule has 0 aliphatic heterocycles. The van der Waals surface area contributed by atoms with Crippen molar-refractivity contribution in [3.63, 3.8) is 0 Å². The van der Waals surface area contributed by atoms with Crippen LogP contribution >= 0.6 is 0 Å². The zero-order valence-corrected chi connectivity index (χ0v) is 12.2. The van der Waals surface area contributed by atoms with E-state index in [-0.39, 0.29) is 0 Å². The monoisotopic (exact) mass is 256 g/mol. The molecule has 0 radical (unpaired) electrons. The van der Waals surface area contributed by atoms with Gasteiger partial charge in [-0.05, 0) is 43.0 Å². The van der Waals surface area contributed by atoms with E-state index in [4.69, 9.17) is 0 Å². The van der Waals surface area contributed by atoms with E-state index in [1.807, 2.05) is 18.2 Å². The first-order valence-electron chi connectivity index (χ1n) is 6.91. The van der Waals surface area contributed by atoms with Crippen LogP contribution in [0.2, 0.25) is 0 Å². The van der Waals surface area contributed by atoms with Gasteiger partial charge in [0.15, 0.2) is 0 Å². The minimum absolute atomic E-state index is 0.319. The minimum Gasteiger partial charge on any atom is -0.508 e. The van der Waals surface area contributed by atoms with Crippen molar-refractivity contribution < 1.29 is 5.11 Å². The molecule has 1 nitrogen and oxygen atoms in total. The van der Waals surface area contributed by atoms with E-state index in [9.17, 15) is 5.11 Å². The summed E-state index contributed by atoms with van der Waals surface area (Å²) in [5, 5.41) is 9.35. The van der Waals surface area contributed by atoms with E-state index in [1.54, 1.807) is 12.1 Å². The second-order valence-electron chi connectivity index (χ2n) is 4.76. The smallest absolute Gasteiger partial charge is 0.115 e. The molecule has 1 aromatic rings. The zero-order valence-electron chi connectivity index (χ0n) is 12.2. The van der Waals surface area contributed by atoms with Gasteiger partial charge in [-0.3, -0.25) is 0 Å². The number of aromatic hydroxyl groups is 1. The first kappa shape index (κ1) is 15.3. The molecular weight excluding hydrogens is 232 g/mol. The lowest BCUT2D eigenvalue weighted by Gasteiger charge is -2.16. The van der Waals surface area contributed by atoms with Gasteiger partial charge in [-0.15, -0.1) is 0 Å². The number of hydrogen-bond acceptors (Lipinski definition) is 1. The van der Waals surface area contributed by atoms with E-state index >= 15 is 0 Å². The number of rotatable bonds is 6. The molecule has 1 aromatic carbocycles. The van der Waals surface area contributed by atoms with Crippen LogP contribution in [0.25, 0.3) is 0 Å². The van der Waals surface area contributed by atoms with Crippen LogP contribution in [0.1, 0.15) is 45.1 Å². The molecule has 0 spiro atoms. The fourth-order valence-corrected chi connectivity index (χ4v) is 2.21. The van der Waals surface area contributed by atoms with Crippen LogP contribution in [0.5, 0.6) is 5.75 Å². The fourth-order valence-electron chi connectivity index (χ4n) is 2.21. The van der Waals surface area contributed by atoms with Gasteiger partial charge >= 0.3 is 0 Å². The van der Waals surface area contributed by atoms with Gasteiger partial charge in [0, 0.05) is 5.92 Å². The molecule has 0 heterocycles. The van der Waals surface area contributed by atoms with Crippen molar-refractivity contribution >= 4 is 0 Å². The molecule has 0 aliphatic rings. The third-order valence-electron chi connectivity index (χ3n) is 3.48. The Morgan fingerprint density at radius 1 is 1.21 bits per heavy atom. The van der Waals surface area contributed by atoms with Gasteiger partial charge in [0.1, 0.15) is 5.75 Å². The lowest BCUT2D eigenvalue weighted by atomic mass is 9.89. The van der Waals surface area contributed by atoms with E-state index in [1.165, 1.54) is 16.7 Å². The van der Waals surface area contributed by atoms with Gasteiger partial charge in [0.05, 0.1) is 0 Å². The molecule has 1 N–H and O–H groups in total. The third-order valence-corrected chi connectivity index (χ3v) is 3.48. The molecule has 0 saturated heterocycles. The van der Waals surface area contributed by atoms with Gasteiger partial charge in [0.25, 0.3) is 0 Å². The zero-order chi connectivity index (χ0) is 14.3. The van der Waals surface area contributed by atoms with Gasteiger partial charge in [0.2, 0.25) is 0 Å². The van der Waals surface area contributed by atoms with Crippen molar-refractivity contribution in [1.82, 2.24) is 0 Å². The van der Waals surface area contributed by atoms with E-state index in [0.717, 1.165) is 12.8 Å². The molecule has 102 valence electrons. The number of allylic oxidation sites excluding steroid dienone is 5. The Morgan fingerprint density at radius 3 is 2.32 bits per heavy atom. The van der Waals surface area contributed by atoms with Crippen LogP contribution in [0.15, 0.2) is 60.2 Å². The van der Waals surface area contributed by atoms with Crippen molar-refractivity contribution in [2.24, 2.45) is 0 Å². The summed E-state index contributed by atoms with van der Waals surface area (Å²) in [7, 11) is 0. The predicted octanol–water partition coefficient (Wildman–Crippen LogP) is 5.35. The third kappa shape index (κ3) is 4.44. The molecule has 0 fully saturated rings. The van der Waals surface area contributed by atoms with Gasteiger partial charge in [-0.2, -0.15) is 0 Å². The lowest BCUT2D eigenvalue weighted by molar-refractivity contribution is 0.475. The fraction of sp³-hybridized carbons (Fsp3) is 0.333. The molecule has 0 aliphatic carbocycles. The van der Waals surface area contributed by atoms with Crippen molar-refractivity contribution in [1.29, 1.82) is 0 Å². The van der Waals surface area contributed by atoms with Crippen LogP contribution in [-0.4, -0.2) is 5.11 Å². The van der Waals surface area contributed by atoms with Gasteiger partial charge in [-0.25, -0.2) is 0 Å². The quantitative estimate of drug-likeness (QED) is 0.680. The van der Waals surface area contributed by atoms with Crippen LogP contribution in [0, 0.1) is 0 Å². The number of phenolic OH excluding ortho intramolecular Hbond substituents is 1. The molecule has 0 bridgehead atoms. The number of phenols is 1. The molecule has 1 heteroatoms. The summed E-state index contributed by atoms with van der Waals surface area (Å²) in [4.78, 5) is 0. The summed E-state index contributed by atoms with van der Waals surface area (Å²) in [6.07, 6.45) is 8.29. The minimum atomic E-state index is 0.319. The second-order valence-corrected chi connectivity index (χ2v) is 4.76. The first-order valence-corrected chi connectivity index (χ1v) is 6.91. The SMILES string of the molecule is C=C/C(=C\C=C(/C)C(CC)c1ccc(O)cc1)CC. The second kappa shape index (κ2) is 7.63. The summed E-state index contributed by atoms with van der Waals surface area (Å²) in [6, 6.07) is 7.50. The Bertz CT molecular complexity index is 463. The molecule has 0 saturated carbocycles. The number of hydrogen-bond donors (Lipinski definition) is 1. The highest BCUT2D eigenvalue weighted by Crippen LogP contribution is 2.28. The van der Waals surface area contributed by atoms with Gasteiger partial charge < -0.3 is 5.11 Å². The van der Waals surface area contributed by atoms with Gasteiger partial charge in [-0.1, -0.05) is 56.4 Å². The topological polar surface area (TPSA) is 20.2 Å². The van der Waals surface area contributed by atoms with Crippen LogP contribution < -0.4 is 0 Å². The lowest BCUT2D eigenvalue weighted by Crippen LogP contribution is -1.98. The average molecular weight is 256 g/mol. The van der Waals surface area contributed by atoms with Crippen LogP contribution in [0.3, 0.4) is 0 Å². The van der Waals surface area contributed by atoms with Crippen molar-refractivity contribution in [2.75, 3.05) is 0 Å². The van der Waals surface area contributed by atoms with Crippen molar-refractivity contribution in [3.8, 4) is 5.75 Å². The maximum Gasteiger partial charge on any atom is 0.115 e. The Labute approximate surface area is 117 Å². The Morgan fingerprint density at radius 2 is 1.84 bits per heavy atom. The average Bonchev–Trinajstić information content (AvgIpc) is 2.43. The van der Waals surface area contributed by atoms with E-state index in [2.05, 4.69) is 39.5 Å². The Kier molecular flexibility index (Phi) is 6.14. The van der Waals surface area contributed by atoms with Crippen LogP contribution in [-0.2, 0) is 0 Å².